The SMILES string of the molecule is C[C@H](C(=O)OCC(=O)Nc1ccc(Br)c(Cl)c1)N1C(=O)[C@@H]2C3c4ccccc4C(c4ccccc43)[C@@H]2C1=O. The molecule has 38 heavy (non-hydrogen) atoms. The number of esters is 1. The largest absolute Gasteiger partial charge is 0.454 e. The van der Waals surface area contributed by atoms with Crippen molar-refractivity contribution >= 4 is 56.9 Å². The Balaban J connectivity index is 1.20. The highest BCUT2D eigenvalue weighted by Gasteiger charge is 2.62. The Kier molecular flexibility index (Phi) is 6.12. The van der Waals surface area contributed by atoms with E-state index < -0.39 is 36.4 Å². The van der Waals surface area contributed by atoms with Crippen molar-refractivity contribution in [1.82, 2.24) is 4.90 Å². The summed E-state index contributed by atoms with van der Waals surface area (Å²) in [4.78, 5) is 53.8. The minimum atomic E-state index is -1.17. The van der Waals surface area contributed by atoms with E-state index >= 15 is 0 Å². The number of hydrogen-bond donors (Lipinski definition) is 1. The van der Waals surface area contributed by atoms with Gasteiger partial charge in [-0.1, -0.05) is 60.1 Å². The fraction of sp³-hybridized carbons (Fsp3) is 0.241. The first-order valence-corrected chi connectivity index (χ1v) is 13.4. The van der Waals surface area contributed by atoms with E-state index in [1.54, 1.807) is 18.2 Å². The van der Waals surface area contributed by atoms with Crippen LogP contribution in [0.25, 0.3) is 0 Å². The lowest BCUT2D eigenvalue weighted by atomic mass is 9.55. The Labute approximate surface area is 232 Å². The van der Waals surface area contributed by atoms with Crippen LogP contribution in [0, 0.1) is 11.8 Å². The van der Waals surface area contributed by atoms with Gasteiger partial charge in [0.25, 0.3) is 5.91 Å². The zero-order chi connectivity index (χ0) is 26.7. The average molecular weight is 594 g/mol. The number of nitrogens with one attached hydrogen (secondary N) is 1. The molecule has 7 nitrogen and oxygen atoms in total. The molecule has 2 bridgehead atoms. The minimum Gasteiger partial charge on any atom is -0.454 e. The van der Waals surface area contributed by atoms with Gasteiger partial charge >= 0.3 is 5.97 Å². The van der Waals surface area contributed by atoms with Crippen molar-refractivity contribution in [3.8, 4) is 0 Å². The van der Waals surface area contributed by atoms with Gasteiger partial charge in [0.1, 0.15) is 6.04 Å². The Morgan fingerprint density at radius 2 is 1.42 bits per heavy atom. The van der Waals surface area contributed by atoms with Crippen molar-refractivity contribution in [3.63, 3.8) is 0 Å². The smallest absolute Gasteiger partial charge is 0.329 e. The molecule has 3 atom stereocenters. The maximum Gasteiger partial charge on any atom is 0.329 e. The van der Waals surface area contributed by atoms with Crippen molar-refractivity contribution in [2.75, 3.05) is 11.9 Å². The molecule has 1 aliphatic heterocycles. The van der Waals surface area contributed by atoms with Crippen LogP contribution in [0.4, 0.5) is 5.69 Å². The summed E-state index contributed by atoms with van der Waals surface area (Å²) >= 11 is 9.33. The predicted octanol–water partition coefficient (Wildman–Crippen LogP) is 4.86. The Hall–Kier alpha value is -3.49. The number of ether oxygens (including phenoxy) is 1. The second kappa shape index (κ2) is 9.36. The van der Waals surface area contributed by atoms with Crippen LogP contribution in [0.5, 0.6) is 0 Å². The number of benzene rings is 3. The van der Waals surface area contributed by atoms with Crippen molar-refractivity contribution in [1.29, 1.82) is 0 Å². The quantitative estimate of drug-likeness (QED) is 0.337. The molecule has 1 N–H and O–H groups in total. The number of rotatable bonds is 5. The average Bonchev–Trinajstić information content (AvgIpc) is 3.19. The van der Waals surface area contributed by atoms with Crippen LogP contribution in [-0.2, 0) is 23.9 Å². The number of carbonyl (C=O) groups excluding carboxylic acids is 4. The van der Waals surface area contributed by atoms with Gasteiger partial charge in [-0.2, -0.15) is 0 Å². The van der Waals surface area contributed by atoms with Crippen molar-refractivity contribution in [2.24, 2.45) is 11.8 Å². The van der Waals surface area contributed by atoms with E-state index in [2.05, 4.69) is 21.2 Å². The van der Waals surface area contributed by atoms with Gasteiger partial charge in [-0.05, 0) is 63.3 Å². The fourth-order valence-corrected chi connectivity index (χ4v) is 6.64. The van der Waals surface area contributed by atoms with Crippen LogP contribution < -0.4 is 5.32 Å². The Morgan fingerprint density at radius 1 is 0.921 bits per heavy atom. The maximum atomic E-state index is 13.7. The molecule has 0 radical (unpaired) electrons. The van der Waals surface area contributed by atoms with E-state index in [-0.39, 0.29) is 23.7 Å². The summed E-state index contributed by atoms with van der Waals surface area (Å²) in [5, 5.41) is 3.02. The molecule has 3 aromatic carbocycles. The van der Waals surface area contributed by atoms with E-state index in [9.17, 15) is 19.2 Å². The van der Waals surface area contributed by atoms with Crippen LogP contribution in [-0.4, -0.2) is 41.2 Å². The highest BCUT2D eigenvalue weighted by atomic mass is 79.9. The van der Waals surface area contributed by atoms with Gasteiger partial charge in [-0.3, -0.25) is 19.3 Å². The molecule has 3 aliphatic carbocycles. The summed E-state index contributed by atoms with van der Waals surface area (Å²) < 4.78 is 5.89. The lowest BCUT2D eigenvalue weighted by Crippen LogP contribution is -2.45. The van der Waals surface area contributed by atoms with Crippen molar-refractivity contribution in [3.05, 3.63) is 98.5 Å². The van der Waals surface area contributed by atoms with Crippen LogP contribution in [0.1, 0.15) is 41.0 Å². The summed E-state index contributed by atoms with van der Waals surface area (Å²) in [5.41, 5.74) is 4.66. The number of carbonyl (C=O) groups is 4. The van der Waals surface area contributed by atoms with Gasteiger partial charge in [0, 0.05) is 22.0 Å². The van der Waals surface area contributed by atoms with Crippen LogP contribution in [0.15, 0.2) is 71.2 Å². The second-order valence-corrected chi connectivity index (χ2v) is 11.0. The molecule has 7 rings (SSSR count). The topological polar surface area (TPSA) is 92.8 Å². The highest BCUT2D eigenvalue weighted by Crippen LogP contribution is 2.61. The van der Waals surface area contributed by atoms with Crippen LogP contribution in [0.2, 0.25) is 5.02 Å². The minimum absolute atomic E-state index is 0.259. The monoisotopic (exact) mass is 592 g/mol. The van der Waals surface area contributed by atoms with Gasteiger partial charge in [-0.25, -0.2) is 4.79 Å². The first kappa shape index (κ1) is 24.8. The fourth-order valence-electron chi connectivity index (χ4n) is 6.22. The summed E-state index contributed by atoms with van der Waals surface area (Å²) in [6.45, 7) is 0.895. The molecule has 1 saturated heterocycles. The molecule has 192 valence electrons. The lowest BCUT2D eigenvalue weighted by molar-refractivity contribution is -0.159. The zero-order valence-electron chi connectivity index (χ0n) is 20.2. The molecule has 0 aromatic heterocycles. The van der Waals surface area contributed by atoms with Crippen LogP contribution >= 0.6 is 27.5 Å². The molecule has 1 fully saturated rings. The third kappa shape index (κ3) is 3.77. The molecular weight excluding hydrogens is 572 g/mol. The molecule has 3 amide bonds. The van der Waals surface area contributed by atoms with E-state index in [0.29, 0.717) is 15.2 Å². The van der Waals surface area contributed by atoms with E-state index in [1.165, 1.54) is 6.92 Å². The van der Waals surface area contributed by atoms with E-state index in [1.807, 2.05) is 48.5 Å². The maximum absolute atomic E-state index is 13.7. The first-order valence-electron chi connectivity index (χ1n) is 12.2. The molecule has 0 unspecified atom stereocenters. The molecule has 1 heterocycles. The Morgan fingerprint density at radius 3 is 1.89 bits per heavy atom. The highest BCUT2D eigenvalue weighted by molar-refractivity contribution is 9.10. The number of hydrogen-bond acceptors (Lipinski definition) is 5. The van der Waals surface area contributed by atoms with Crippen molar-refractivity contribution < 1.29 is 23.9 Å². The zero-order valence-corrected chi connectivity index (χ0v) is 22.5. The standard InChI is InChI=1S/C29H22BrClN2O5/c1-14(29(37)38-13-22(34)32-15-10-11-20(30)21(31)12-15)33-27(35)25-23-16-6-2-3-7-17(16)24(26(25)28(33)36)19-9-5-4-8-18(19)23/h2-12,14,23-26H,13H2,1H3,(H,32,34)/t14-,23?,24?,25-,26+/m1/s1. The summed E-state index contributed by atoms with van der Waals surface area (Å²) in [6, 6.07) is 19.6. The number of imide groups is 1. The van der Waals surface area contributed by atoms with Crippen LogP contribution in [0.3, 0.4) is 0 Å². The van der Waals surface area contributed by atoms with Gasteiger partial charge in [0.2, 0.25) is 11.8 Å². The summed E-state index contributed by atoms with van der Waals surface area (Å²) in [7, 11) is 0. The third-order valence-electron chi connectivity index (χ3n) is 7.76. The third-order valence-corrected chi connectivity index (χ3v) is 8.99. The molecule has 4 aliphatic rings. The number of nitrogens with zero attached hydrogens (tertiary/aromatic N) is 1. The predicted molar refractivity (Wildman–Crippen MR) is 144 cm³/mol. The van der Waals surface area contributed by atoms with E-state index in [0.717, 1.165) is 27.2 Å². The molecule has 3 aromatic rings. The molecular formula is C29H22BrClN2O5. The van der Waals surface area contributed by atoms with Gasteiger partial charge in [-0.15, -0.1) is 0 Å². The van der Waals surface area contributed by atoms with E-state index in [4.69, 9.17) is 16.3 Å². The summed E-state index contributed by atoms with van der Waals surface area (Å²) in [6.07, 6.45) is 0. The lowest BCUT2D eigenvalue weighted by Gasteiger charge is -2.45. The normalized spacial score (nSPS) is 23.4. The first-order chi connectivity index (χ1) is 18.3. The Bertz CT molecular complexity index is 1410. The van der Waals surface area contributed by atoms with Gasteiger partial charge in [0.05, 0.1) is 16.9 Å². The molecule has 0 saturated carbocycles. The number of amides is 3. The number of halogens is 2. The summed E-state index contributed by atoms with van der Waals surface area (Å²) in [5.74, 6) is -3.83. The number of likely N-dealkylation sites (tertiary alicyclic amines) is 1. The molecule has 9 heteroatoms. The molecule has 0 spiro atoms. The number of anilines is 1. The second-order valence-electron chi connectivity index (χ2n) is 9.77. The van der Waals surface area contributed by atoms with Gasteiger partial charge in [0.15, 0.2) is 6.61 Å². The van der Waals surface area contributed by atoms with Gasteiger partial charge < -0.3 is 10.1 Å². The van der Waals surface area contributed by atoms with Crippen molar-refractivity contribution in [2.45, 2.75) is 24.8 Å².